The number of carbonyl (C=O) groups excluding carboxylic acids is 1. The van der Waals surface area contributed by atoms with Gasteiger partial charge in [-0.25, -0.2) is 9.78 Å². The number of hydrogen-bond donors (Lipinski definition) is 2. The maximum Gasteiger partial charge on any atom is 0.340 e. The number of nitrogen functional groups attached to an aromatic ring is 2. The van der Waals surface area contributed by atoms with E-state index >= 15 is 0 Å². The average Bonchev–Trinajstić information content (AvgIpc) is 2.46. The zero-order valence-electron chi connectivity index (χ0n) is 11.6. The SMILES string of the molecule is CCOC(=O)c1c(Cl)cccc1-c1nc(N)nc(N)c1C#N. The minimum Gasteiger partial charge on any atom is -0.462 e. The first-order valence-corrected chi connectivity index (χ1v) is 6.66. The van der Waals surface area contributed by atoms with Crippen LogP contribution < -0.4 is 11.5 Å². The van der Waals surface area contributed by atoms with E-state index in [2.05, 4.69) is 9.97 Å². The van der Waals surface area contributed by atoms with Gasteiger partial charge in [0.2, 0.25) is 5.95 Å². The van der Waals surface area contributed by atoms with Gasteiger partial charge in [-0.15, -0.1) is 0 Å². The van der Waals surface area contributed by atoms with E-state index in [1.165, 1.54) is 6.07 Å². The molecule has 1 heterocycles. The van der Waals surface area contributed by atoms with Gasteiger partial charge in [0.25, 0.3) is 0 Å². The Labute approximate surface area is 131 Å². The maximum absolute atomic E-state index is 12.1. The molecule has 0 saturated carbocycles. The molecule has 0 atom stereocenters. The summed E-state index contributed by atoms with van der Waals surface area (Å²) in [4.78, 5) is 19.9. The molecule has 22 heavy (non-hydrogen) atoms. The van der Waals surface area contributed by atoms with Gasteiger partial charge < -0.3 is 16.2 Å². The van der Waals surface area contributed by atoms with Crippen LogP contribution in [-0.4, -0.2) is 22.5 Å². The van der Waals surface area contributed by atoms with Crippen molar-refractivity contribution in [3.63, 3.8) is 0 Å². The van der Waals surface area contributed by atoms with Gasteiger partial charge in [-0.1, -0.05) is 23.7 Å². The number of benzene rings is 1. The van der Waals surface area contributed by atoms with Crippen molar-refractivity contribution in [1.82, 2.24) is 9.97 Å². The summed E-state index contributed by atoms with van der Waals surface area (Å²) in [7, 11) is 0. The third kappa shape index (κ3) is 2.77. The molecule has 0 aliphatic heterocycles. The fourth-order valence-corrected chi connectivity index (χ4v) is 2.19. The highest BCUT2D eigenvalue weighted by molar-refractivity contribution is 6.34. The molecule has 1 aromatic carbocycles. The molecule has 0 bridgehead atoms. The van der Waals surface area contributed by atoms with Crippen LogP contribution in [0.2, 0.25) is 5.02 Å². The molecule has 7 nitrogen and oxygen atoms in total. The second kappa shape index (κ2) is 6.28. The number of nitrogens with two attached hydrogens (primary N) is 2. The molecule has 0 fully saturated rings. The van der Waals surface area contributed by atoms with E-state index in [9.17, 15) is 10.1 Å². The third-order valence-electron chi connectivity index (χ3n) is 2.81. The van der Waals surface area contributed by atoms with E-state index in [1.54, 1.807) is 19.1 Å². The molecular formula is C14H12ClN5O2. The topological polar surface area (TPSA) is 128 Å². The van der Waals surface area contributed by atoms with E-state index < -0.39 is 5.97 Å². The number of ether oxygens (including phenoxy) is 1. The molecule has 4 N–H and O–H groups in total. The summed E-state index contributed by atoms with van der Waals surface area (Å²) in [6.07, 6.45) is 0. The molecule has 0 saturated heterocycles. The lowest BCUT2D eigenvalue weighted by Gasteiger charge is -2.12. The number of esters is 1. The van der Waals surface area contributed by atoms with Gasteiger partial charge in [0, 0.05) is 5.56 Å². The van der Waals surface area contributed by atoms with E-state index in [0.717, 1.165) is 0 Å². The second-order valence-electron chi connectivity index (χ2n) is 4.19. The summed E-state index contributed by atoms with van der Waals surface area (Å²) in [6.45, 7) is 1.86. The van der Waals surface area contributed by atoms with E-state index in [-0.39, 0.29) is 40.2 Å². The van der Waals surface area contributed by atoms with Crippen LogP contribution in [0.1, 0.15) is 22.8 Å². The van der Waals surface area contributed by atoms with Crippen molar-refractivity contribution in [2.45, 2.75) is 6.92 Å². The Bertz CT molecular complexity index is 786. The quantitative estimate of drug-likeness (QED) is 0.828. The lowest BCUT2D eigenvalue weighted by Crippen LogP contribution is -2.10. The van der Waals surface area contributed by atoms with Crippen LogP contribution in [0.15, 0.2) is 18.2 Å². The van der Waals surface area contributed by atoms with Crippen molar-refractivity contribution >= 4 is 29.3 Å². The Hall–Kier alpha value is -2.85. The molecule has 0 radical (unpaired) electrons. The van der Waals surface area contributed by atoms with Gasteiger partial charge in [0.15, 0.2) is 0 Å². The molecule has 0 unspecified atom stereocenters. The predicted octanol–water partition coefficient (Wildman–Crippen LogP) is 2.01. The summed E-state index contributed by atoms with van der Waals surface area (Å²) < 4.78 is 4.99. The first kappa shape index (κ1) is 15.5. The summed E-state index contributed by atoms with van der Waals surface area (Å²) in [5, 5.41) is 9.43. The molecule has 8 heteroatoms. The fraction of sp³-hybridized carbons (Fsp3) is 0.143. The molecule has 0 spiro atoms. The minimum atomic E-state index is -0.622. The van der Waals surface area contributed by atoms with Crippen LogP contribution in [0.5, 0.6) is 0 Å². The van der Waals surface area contributed by atoms with Crippen LogP contribution in [-0.2, 0) is 4.74 Å². The summed E-state index contributed by atoms with van der Waals surface area (Å²) in [5.41, 5.74) is 11.8. The largest absolute Gasteiger partial charge is 0.462 e. The standard InChI is InChI=1S/C14H12ClN5O2/c1-2-22-13(21)10-7(4-3-5-9(10)15)11-8(6-16)12(17)20-14(18)19-11/h3-5H,2H2,1H3,(H4,17,18,19,20). The van der Waals surface area contributed by atoms with Gasteiger partial charge in [0.05, 0.1) is 22.9 Å². The first-order valence-electron chi connectivity index (χ1n) is 6.28. The summed E-state index contributed by atoms with van der Waals surface area (Å²) in [5.74, 6) is -0.802. The normalized spacial score (nSPS) is 10.0. The smallest absolute Gasteiger partial charge is 0.340 e. The van der Waals surface area contributed by atoms with Gasteiger partial charge in [0.1, 0.15) is 17.5 Å². The first-order chi connectivity index (χ1) is 10.5. The van der Waals surface area contributed by atoms with Gasteiger partial charge in [-0.2, -0.15) is 10.2 Å². The second-order valence-corrected chi connectivity index (χ2v) is 4.59. The Kier molecular flexibility index (Phi) is 4.44. The number of halogens is 1. The third-order valence-corrected chi connectivity index (χ3v) is 3.13. The van der Waals surface area contributed by atoms with Crippen LogP contribution in [0.25, 0.3) is 11.3 Å². The van der Waals surface area contributed by atoms with Gasteiger partial charge in [-0.05, 0) is 13.0 Å². The van der Waals surface area contributed by atoms with Crippen LogP contribution in [0.3, 0.4) is 0 Å². The van der Waals surface area contributed by atoms with Crippen LogP contribution >= 0.6 is 11.6 Å². The van der Waals surface area contributed by atoms with Crippen molar-refractivity contribution in [2.75, 3.05) is 18.1 Å². The van der Waals surface area contributed by atoms with Gasteiger partial charge in [-0.3, -0.25) is 0 Å². The monoisotopic (exact) mass is 317 g/mol. The molecule has 0 amide bonds. The number of carbonyl (C=O) groups is 1. The van der Waals surface area contributed by atoms with Crippen molar-refractivity contribution in [1.29, 1.82) is 5.26 Å². The van der Waals surface area contributed by atoms with E-state index in [4.69, 9.17) is 27.8 Å². The molecule has 2 rings (SSSR count). The molecular weight excluding hydrogens is 306 g/mol. The minimum absolute atomic E-state index is 0.0158. The molecule has 0 aliphatic carbocycles. The average molecular weight is 318 g/mol. The number of anilines is 2. The molecule has 1 aromatic heterocycles. The molecule has 2 aromatic rings. The van der Waals surface area contributed by atoms with Crippen LogP contribution in [0.4, 0.5) is 11.8 Å². The number of nitrogens with zero attached hydrogens (tertiary/aromatic N) is 3. The fourth-order valence-electron chi connectivity index (χ4n) is 1.93. The van der Waals surface area contributed by atoms with E-state index in [0.29, 0.717) is 5.56 Å². The molecule has 112 valence electrons. The Morgan fingerprint density at radius 2 is 2.14 bits per heavy atom. The Morgan fingerprint density at radius 3 is 2.77 bits per heavy atom. The molecule has 0 aliphatic rings. The number of rotatable bonds is 3. The van der Waals surface area contributed by atoms with Crippen molar-refractivity contribution in [3.8, 4) is 17.3 Å². The summed E-state index contributed by atoms with van der Waals surface area (Å²) in [6, 6.07) is 6.65. The van der Waals surface area contributed by atoms with Gasteiger partial charge >= 0.3 is 5.97 Å². The highest BCUT2D eigenvalue weighted by Crippen LogP contribution is 2.32. The summed E-state index contributed by atoms with van der Waals surface area (Å²) >= 11 is 6.10. The zero-order chi connectivity index (χ0) is 16.3. The number of nitriles is 1. The highest BCUT2D eigenvalue weighted by atomic mass is 35.5. The Morgan fingerprint density at radius 1 is 1.41 bits per heavy atom. The van der Waals surface area contributed by atoms with Crippen molar-refractivity contribution < 1.29 is 9.53 Å². The number of aromatic nitrogens is 2. The van der Waals surface area contributed by atoms with E-state index in [1.807, 2.05) is 6.07 Å². The predicted molar refractivity (Wildman–Crippen MR) is 82.0 cm³/mol. The Balaban J connectivity index is 2.77. The zero-order valence-corrected chi connectivity index (χ0v) is 12.4. The lowest BCUT2D eigenvalue weighted by atomic mass is 10.0. The van der Waals surface area contributed by atoms with Crippen molar-refractivity contribution in [2.24, 2.45) is 0 Å². The highest BCUT2D eigenvalue weighted by Gasteiger charge is 2.22. The number of hydrogen-bond acceptors (Lipinski definition) is 7. The lowest BCUT2D eigenvalue weighted by molar-refractivity contribution is 0.0527. The van der Waals surface area contributed by atoms with Crippen molar-refractivity contribution in [3.05, 3.63) is 34.3 Å². The maximum atomic E-state index is 12.1. The van der Waals surface area contributed by atoms with Crippen LogP contribution in [0, 0.1) is 11.3 Å².